The van der Waals surface area contributed by atoms with Crippen LogP contribution in [-0.2, 0) is 0 Å². The molecule has 16 heavy (non-hydrogen) atoms. The molecule has 1 saturated heterocycles. The minimum atomic E-state index is -1.56. The predicted octanol–water partition coefficient (Wildman–Crippen LogP) is 1.65. The molecule has 0 spiro atoms. The van der Waals surface area contributed by atoms with Gasteiger partial charge in [-0.1, -0.05) is 0 Å². The van der Waals surface area contributed by atoms with Crippen molar-refractivity contribution >= 4 is 51.3 Å². The van der Waals surface area contributed by atoms with Crippen molar-refractivity contribution in [2.24, 2.45) is 0 Å². The average molecular weight is 445 g/mol. The summed E-state index contributed by atoms with van der Waals surface area (Å²) in [6.07, 6.45) is 0.274. The molecule has 0 aromatic heterocycles. The van der Waals surface area contributed by atoms with Gasteiger partial charge in [0.15, 0.2) is 0 Å². The third-order valence-electron chi connectivity index (χ3n) is 2.46. The Balaban J connectivity index is 3.05. The second kappa shape index (κ2) is 5.94. The predicted molar refractivity (Wildman–Crippen MR) is 76.3 cm³/mol. The zero-order chi connectivity index (χ0) is 12.2. The molecule has 1 aliphatic heterocycles. The highest BCUT2D eigenvalue weighted by Crippen LogP contribution is 2.27. The van der Waals surface area contributed by atoms with E-state index in [2.05, 4.69) is 19.7 Å². The van der Waals surface area contributed by atoms with E-state index in [0.717, 1.165) is 6.42 Å². The summed E-state index contributed by atoms with van der Waals surface area (Å²) in [5.41, 5.74) is -1.56. The Morgan fingerprint density at radius 3 is 2.38 bits per heavy atom. The highest BCUT2D eigenvalue weighted by molar-refractivity contribution is 14.1. The first-order valence-electron chi connectivity index (χ1n) is 4.52. The van der Waals surface area contributed by atoms with E-state index < -0.39 is 17.7 Å². The maximum Gasteiger partial charge on any atom is 0.407 e. The van der Waals surface area contributed by atoms with Crippen LogP contribution < -0.4 is 0 Å². The van der Waals surface area contributed by atoms with Crippen LogP contribution in [0.2, 0.25) is 0 Å². The fourth-order valence-corrected chi connectivity index (χ4v) is 2.59. The third-order valence-corrected chi connectivity index (χ3v) is 3.00. The molecular weight excluding hydrogens is 436 g/mol. The van der Waals surface area contributed by atoms with Crippen LogP contribution in [0, 0.1) is 19.7 Å². The van der Waals surface area contributed by atoms with Gasteiger partial charge in [-0.15, -0.1) is 0 Å². The van der Waals surface area contributed by atoms with E-state index >= 15 is 0 Å². The molecule has 0 aromatic carbocycles. The standard InChI is InChI=1S/C10H9I2NO3/c11-5-3-10(16,4-6-12)8-2-1-7-13(8)9(14)15/h8,16H,1-2,7H2,(H,14,15). The molecule has 0 saturated carbocycles. The van der Waals surface area contributed by atoms with Gasteiger partial charge in [-0.25, -0.2) is 4.79 Å². The number of carboxylic acid groups (broad SMARTS) is 1. The number of likely N-dealkylation sites (tertiary alicyclic amines) is 1. The van der Waals surface area contributed by atoms with Crippen molar-refractivity contribution in [1.29, 1.82) is 0 Å². The zero-order valence-electron chi connectivity index (χ0n) is 8.20. The van der Waals surface area contributed by atoms with Crippen LogP contribution in [0.25, 0.3) is 0 Å². The number of halogens is 2. The number of carbonyl (C=O) groups is 1. The SMILES string of the molecule is O=C(O)N1CCCC1C(O)(C#CI)C#CI. The van der Waals surface area contributed by atoms with Gasteiger partial charge in [0.25, 0.3) is 0 Å². The van der Waals surface area contributed by atoms with Gasteiger partial charge in [-0.3, -0.25) is 0 Å². The first-order chi connectivity index (χ1) is 7.55. The number of rotatable bonds is 1. The summed E-state index contributed by atoms with van der Waals surface area (Å²) in [5, 5.41) is 19.3. The van der Waals surface area contributed by atoms with E-state index in [9.17, 15) is 9.90 Å². The van der Waals surface area contributed by atoms with Crippen LogP contribution in [0.3, 0.4) is 0 Å². The van der Waals surface area contributed by atoms with Crippen LogP contribution in [0.15, 0.2) is 0 Å². The van der Waals surface area contributed by atoms with Gasteiger partial charge >= 0.3 is 6.09 Å². The minimum Gasteiger partial charge on any atom is -0.465 e. The molecule has 0 radical (unpaired) electrons. The van der Waals surface area contributed by atoms with Crippen LogP contribution in [0.5, 0.6) is 0 Å². The molecule has 0 aromatic rings. The molecule has 1 rings (SSSR count). The second-order valence-electron chi connectivity index (χ2n) is 3.34. The van der Waals surface area contributed by atoms with E-state index in [-0.39, 0.29) is 0 Å². The summed E-state index contributed by atoms with van der Waals surface area (Å²) in [4.78, 5) is 12.2. The summed E-state index contributed by atoms with van der Waals surface area (Å²) < 4.78 is 5.15. The molecule has 0 bridgehead atoms. The number of hydrogen-bond acceptors (Lipinski definition) is 2. The first kappa shape index (κ1) is 13.9. The molecule has 2 N–H and O–H groups in total. The van der Waals surface area contributed by atoms with Crippen LogP contribution in [0.4, 0.5) is 4.79 Å². The van der Waals surface area contributed by atoms with Crippen molar-refractivity contribution in [2.75, 3.05) is 6.54 Å². The maximum absolute atomic E-state index is 11.0. The number of hydrogen-bond donors (Lipinski definition) is 2. The summed E-state index contributed by atoms with van der Waals surface area (Å²) in [6, 6.07) is -0.561. The highest BCUT2D eigenvalue weighted by Gasteiger charge is 2.43. The first-order valence-corrected chi connectivity index (χ1v) is 6.68. The normalized spacial score (nSPS) is 19.4. The Morgan fingerprint density at radius 1 is 1.38 bits per heavy atom. The Morgan fingerprint density at radius 2 is 1.94 bits per heavy atom. The lowest BCUT2D eigenvalue weighted by Gasteiger charge is -2.29. The van der Waals surface area contributed by atoms with Crippen molar-refractivity contribution in [1.82, 2.24) is 4.90 Å². The number of nitrogens with zero attached hydrogens (tertiary/aromatic N) is 1. The summed E-state index contributed by atoms with van der Waals surface area (Å²) in [6.45, 7) is 0.425. The van der Waals surface area contributed by atoms with Crippen molar-refractivity contribution in [3.05, 3.63) is 0 Å². The van der Waals surface area contributed by atoms with Gasteiger partial charge in [0.05, 0.1) is 6.04 Å². The molecule has 0 aliphatic carbocycles. The third kappa shape index (κ3) is 2.93. The van der Waals surface area contributed by atoms with E-state index in [0.29, 0.717) is 13.0 Å². The van der Waals surface area contributed by atoms with E-state index in [1.807, 2.05) is 0 Å². The number of aliphatic hydroxyl groups is 1. The van der Waals surface area contributed by atoms with Crippen molar-refractivity contribution < 1.29 is 15.0 Å². The molecule has 1 aliphatic rings. The lowest BCUT2D eigenvalue weighted by Crippen LogP contribution is -2.49. The molecule has 4 nitrogen and oxygen atoms in total. The Kier molecular flexibility index (Phi) is 5.15. The largest absolute Gasteiger partial charge is 0.465 e. The van der Waals surface area contributed by atoms with Crippen LogP contribution in [-0.4, -0.2) is 39.4 Å². The summed E-state index contributed by atoms with van der Waals surface area (Å²) >= 11 is 3.61. The topological polar surface area (TPSA) is 60.8 Å². The highest BCUT2D eigenvalue weighted by atomic mass is 127. The summed E-state index contributed by atoms with van der Waals surface area (Å²) in [5.74, 6) is 5.19. The van der Waals surface area contributed by atoms with E-state index in [1.54, 1.807) is 45.2 Å². The van der Waals surface area contributed by atoms with Crippen LogP contribution in [0.1, 0.15) is 12.8 Å². The van der Waals surface area contributed by atoms with Gasteiger partial charge in [0, 0.05) is 51.7 Å². The molecule has 6 heteroatoms. The summed E-state index contributed by atoms with van der Waals surface area (Å²) in [7, 11) is 0. The van der Waals surface area contributed by atoms with Gasteiger partial charge in [0.2, 0.25) is 5.60 Å². The van der Waals surface area contributed by atoms with Gasteiger partial charge in [-0.2, -0.15) is 0 Å². The molecule has 1 amide bonds. The van der Waals surface area contributed by atoms with Gasteiger partial charge < -0.3 is 15.1 Å². The zero-order valence-corrected chi connectivity index (χ0v) is 12.5. The monoisotopic (exact) mass is 445 g/mol. The Labute approximate surface area is 121 Å². The van der Waals surface area contributed by atoms with Gasteiger partial charge in [-0.05, 0) is 32.5 Å². The van der Waals surface area contributed by atoms with Gasteiger partial charge in [0.1, 0.15) is 0 Å². The molecular formula is C10H9I2NO3. The number of amides is 1. The van der Waals surface area contributed by atoms with Crippen molar-refractivity contribution in [2.45, 2.75) is 24.5 Å². The fourth-order valence-electron chi connectivity index (χ4n) is 1.77. The molecule has 1 fully saturated rings. The average Bonchev–Trinajstić information content (AvgIpc) is 2.67. The second-order valence-corrected chi connectivity index (χ2v) is 4.42. The molecule has 1 heterocycles. The Hall–Kier alpha value is -0.190. The maximum atomic E-state index is 11.0. The van der Waals surface area contributed by atoms with Crippen molar-refractivity contribution in [3.8, 4) is 19.7 Å². The lowest BCUT2D eigenvalue weighted by atomic mass is 9.94. The van der Waals surface area contributed by atoms with Crippen LogP contribution >= 0.6 is 45.2 Å². The van der Waals surface area contributed by atoms with E-state index in [1.165, 1.54) is 4.90 Å². The molecule has 86 valence electrons. The molecule has 1 atom stereocenters. The van der Waals surface area contributed by atoms with Crippen molar-refractivity contribution in [3.63, 3.8) is 0 Å². The smallest absolute Gasteiger partial charge is 0.407 e. The van der Waals surface area contributed by atoms with E-state index in [4.69, 9.17) is 5.11 Å². The molecule has 1 unspecified atom stereocenters. The fraction of sp³-hybridized carbons (Fsp3) is 0.500. The Bertz CT molecular complexity index is 382. The quantitative estimate of drug-likeness (QED) is 0.477. The minimum absolute atomic E-state index is 0.425. The lowest BCUT2D eigenvalue weighted by molar-refractivity contribution is 0.0587.